The van der Waals surface area contributed by atoms with Crippen molar-refractivity contribution in [2.45, 2.75) is 78.2 Å². The van der Waals surface area contributed by atoms with Crippen molar-refractivity contribution in [3.05, 3.63) is 35.9 Å². The molecular formula is C20H33NO. The molecule has 0 unspecified atom stereocenters. The van der Waals surface area contributed by atoms with E-state index in [2.05, 4.69) is 31.3 Å². The van der Waals surface area contributed by atoms with Crippen LogP contribution in [-0.4, -0.2) is 5.91 Å². The Morgan fingerprint density at radius 3 is 2.23 bits per heavy atom. The van der Waals surface area contributed by atoms with Gasteiger partial charge in [-0.3, -0.25) is 4.79 Å². The Bertz CT molecular complexity index is 388. The van der Waals surface area contributed by atoms with Crippen LogP contribution in [0.5, 0.6) is 0 Å². The van der Waals surface area contributed by atoms with Crippen molar-refractivity contribution in [2.24, 2.45) is 5.92 Å². The number of unbranched alkanes of at least 4 members (excludes halogenated alkanes) is 5. The van der Waals surface area contributed by atoms with E-state index in [1.54, 1.807) is 0 Å². The third kappa shape index (κ3) is 8.21. The third-order valence-corrected chi connectivity index (χ3v) is 4.24. The van der Waals surface area contributed by atoms with Crippen molar-refractivity contribution in [3.63, 3.8) is 0 Å². The molecule has 124 valence electrons. The number of benzene rings is 1. The van der Waals surface area contributed by atoms with Crippen LogP contribution in [-0.2, 0) is 11.3 Å². The fraction of sp³-hybridized carbons (Fsp3) is 0.650. The van der Waals surface area contributed by atoms with Crippen molar-refractivity contribution in [2.75, 3.05) is 0 Å². The molecule has 0 aliphatic heterocycles. The zero-order valence-electron chi connectivity index (χ0n) is 14.4. The Balaban J connectivity index is 2.35. The summed E-state index contributed by atoms with van der Waals surface area (Å²) in [6, 6.07) is 10.2. The van der Waals surface area contributed by atoms with Crippen LogP contribution in [0.15, 0.2) is 30.3 Å². The average molecular weight is 303 g/mol. The Morgan fingerprint density at radius 1 is 0.909 bits per heavy atom. The quantitative estimate of drug-likeness (QED) is 0.510. The maximum atomic E-state index is 12.4. The number of hydrogen-bond acceptors (Lipinski definition) is 1. The summed E-state index contributed by atoms with van der Waals surface area (Å²) in [5.41, 5.74) is 1.17. The molecule has 1 N–H and O–H groups in total. The summed E-state index contributed by atoms with van der Waals surface area (Å²) in [5.74, 6) is 0.443. The van der Waals surface area contributed by atoms with Crippen LogP contribution >= 0.6 is 0 Å². The second-order valence-corrected chi connectivity index (χ2v) is 6.25. The summed E-state index contributed by atoms with van der Waals surface area (Å²) in [4.78, 5) is 12.4. The van der Waals surface area contributed by atoms with Crippen molar-refractivity contribution in [3.8, 4) is 0 Å². The Hall–Kier alpha value is -1.31. The Labute approximate surface area is 136 Å². The first kappa shape index (κ1) is 18.7. The first-order valence-electron chi connectivity index (χ1n) is 9.09. The Morgan fingerprint density at radius 2 is 1.55 bits per heavy atom. The minimum atomic E-state index is 0.199. The van der Waals surface area contributed by atoms with E-state index in [1.807, 2.05) is 18.2 Å². The van der Waals surface area contributed by atoms with E-state index < -0.39 is 0 Å². The van der Waals surface area contributed by atoms with Crippen LogP contribution in [0.4, 0.5) is 0 Å². The summed E-state index contributed by atoms with van der Waals surface area (Å²) < 4.78 is 0. The van der Waals surface area contributed by atoms with Crippen LogP contribution in [0, 0.1) is 5.92 Å². The molecule has 0 fully saturated rings. The van der Waals surface area contributed by atoms with E-state index in [0.29, 0.717) is 6.54 Å². The summed E-state index contributed by atoms with van der Waals surface area (Å²) in [5, 5.41) is 3.12. The molecule has 22 heavy (non-hydrogen) atoms. The lowest BCUT2D eigenvalue weighted by Crippen LogP contribution is -2.30. The molecule has 1 aromatic carbocycles. The van der Waals surface area contributed by atoms with Gasteiger partial charge >= 0.3 is 0 Å². The van der Waals surface area contributed by atoms with E-state index >= 15 is 0 Å². The van der Waals surface area contributed by atoms with E-state index in [9.17, 15) is 4.79 Å². The van der Waals surface area contributed by atoms with Crippen molar-refractivity contribution in [1.29, 1.82) is 0 Å². The topological polar surface area (TPSA) is 29.1 Å². The molecule has 0 aliphatic rings. The highest BCUT2D eigenvalue weighted by Gasteiger charge is 2.17. The van der Waals surface area contributed by atoms with Crippen molar-refractivity contribution in [1.82, 2.24) is 5.32 Å². The van der Waals surface area contributed by atoms with E-state index in [0.717, 1.165) is 25.7 Å². The smallest absolute Gasteiger partial charge is 0.223 e. The minimum Gasteiger partial charge on any atom is -0.352 e. The van der Waals surface area contributed by atoms with Gasteiger partial charge in [-0.15, -0.1) is 0 Å². The second-order valence-electron chi connectivity index (χ2n) is 6.25. The molecule has 2 heteroatoms. The van der Waals surface area contributed by atoms with Crippen LogP contribution in [0.25, 0.3) is 0 Å². The molecule has 0 radical (unpaired) electrons. The summed E-state index contributed by atoms with van der Waals surface area (Å²) in [6.45, 7) is 5.08. The summed E-state index contributed by atoms with van der Waals surface area (Å²) in [7, 11) is 0. The highest BCUT2D eigenvalue weighted by molar-refractivity contribution is 5.78. The predicted octanol–water partition coefficient (Wildman–Crippen LogP) is 5.47. The predicted molar refractivity (Wildman–Crippen MR) is 94.7 cm³/mol. The van der Waals surface area contributed by atoms with Gasteiger partial charge in [-0.25, -0.2) is 0 Å². The van der Waals surface area contributed by atoms with Crippen LogP contribution < -0.4 is 5.32 Å². The standard InChI is InChI=1S/C20H33NO/c1-3-5-7-8-12-16-19(15-6-4-2)20(22)21-17-18-13-10-9-11-14-18/h9-11,13-14,19H,3-8,12,15-17H2,1-2H3,(H,21,22)/t19-/m1/s1. The van der Waals surface area contributed by atoms with Crippen molar-refractivity contribution >= 4 is 5.91 Å². The number of carbonyl (C=O) groups excluding carboxylic acids is 1. The molecule has 0 saturated heterocycles. The van der Waals surface area contributed by atoms with Gasteiger partial charge in [0.1, 0.15) is 0 Å². The number of carbonyl (C=O) groups is 1. The molecule has 1 amide bonds. The van der Waals surface area contributed by atoms with E-state index in [1.165, 1.54) is 37.7 Å². The lowest BCUT2D eigenvalue weighted by Gasteiger charge is -2.16. The fourth-order valence-corrected chi connectivity index (χ4v) is 2.78. The largest absolute Gasteiger partial charge is 0.352 e. The number of nitrogens with one attached hydrogen (secondary N) is 1. The van der Waals surface area contributed by atoms with Gasteiger partial charge in [0.05, 0.1) is 0 Å². The van der Waals surface area contributed by atoms with Crippen molar-refractivity contribution < 1.29 is 4.79 Å². The molecular weight excluding hydrogens is 270 g/mol. The first-order chi connectivity index (χ1) is 10.8. The van der Waals surface area contributed by atoms with Gasteiger partial charge in [-0.1, -0.05) is 89.1 Å². The maximum absolute atomic E-state index is 12.4. The zero-order chi connectivity index (χ0) is 16.0. The summed E-state index contributed by atoms with van der Waals surface area (Å²) >= 11 is 0. The van der Waals surface area contributed by atoms with Gasteiger partial charge in [0, 0.05) is 12.5 Å². The number of hydrogen-bond donors (Lipinski definition) is 1. The molecule has 1 aromatic rings. The molecule has 2 nitrogen and oxygen atoms in total. The van der Waals surface area contributed by atoms with Gasteiger partial charge in [-0.05, 0) is 18.4 Å². The normalized spacial score (nSPS) is 12.1. The Kier molecular flexibility index (Phi) is 10.4. The molecule has 0 saturated carbocycles. The highest BCUT2D eigenvalue weighted by atomic mass is 16.1. The maximum Gasteiger partial charge on any atom is 0.223 e. The lowest BCUT2D eigenvalue weighted by atomic mass is 9.94. The second kappa shape index (κ2) is 12.3. The number of amides is 1. The molecule has 0 aliphatic carbocycles. The highest BCUT2D eigenvalue weighted by Crippen LogP contribution is 2.18. The molecule has 0 aromatic heterocycles. The molecule has 1 rings (SSSR count). The molecule has 0 heterocycles. The fourth-order valence-electron chi connectivity index (χ4n) is 2.78. The molecule has 1 atom stereocenters. The van der Waals surface area contributed by atoms with Crippen LogP contribution in [0.3, 0.4) is 0 Å². The lowest BCUT2D eigenvalue weighted by molar-refractivity contribution is -0.125. The molecule has 0 bridgehead atoms. The van der Waals surface area contributed by atoms with Crippen LogP contribution in [0.1, 0.15) is 77.2 Å². The number of rotatable bonds is 12. The zero-order valence-corrected chi connectivity index (χ0v) is 14.4. The average Bonchev–Trinajstić information content (AvgIpc) is 2.56. The van der Waals surface area contributed by atoms with Crippen LogP contribution in [0.2, 0.25) is 0 Å². The SMILES string of the molecule is CCCCCCC[C@@H](CCCC)C(=O)NCc1ccccc1. The minimum absolute atomic E-state index is 0.199. The van der Waals surface area contributed by atoms with Gasteiger partial charge in [0.2, 0.25) is 5.91 Å². The summed E-state index contributed by atoms with van der Waals surface area (Å²) in [6.07, 6.45) is 10.8. The first-order valence-corrected chi connectivity index (χ1v) is 9.09. The van der Waals surface area contributed by atoms with Gasteiger partial charge < -0.3 is 5.32 Å². The monoisotopic (exact) mass is 303 g/mol. The van der Waals surface area contributed by atoms with Gasteiger partial charge in [0.15, 0.2) is 0 Å². The van der Waals surface area contributed by atoms with E-state index in [-0.39, 0.29) is 11.8 Å². The molecule has 0 spiro atoms. The van der Waals surface area contributed by atoms with Gasteiger partial charge in [0.25, 0.3) is 0 Å². The van der Waals surface area contributed by atoms with E-state index in [4.69, 9.17) is 0 Å². The third-order valence-electron chi connectivity index (χ3n) is 4.24. The van der Waals surface area contributed by atoms with Gasteiger partial charge in [-0.2, -0.15) is 0 Å².